The summed E-state index contributed by atoms with van der Waals surface area (Å²) >= 11 is 0. The topological polar surface area (TPSA) is 116 Å². The number of benzene rings is 1. The first-order chi connectivity index (χ1) is 17.7. The average Bonchev–Trinajstić information content (AvgIpc) is 3.37. The Morgan fingerprint density at radius 2 is 1.97 bits per heavy atom. The van der Waals surface area contributed by atoms with Gasteiger partial charge in [-0.25, -0.2) is 9.37 Å². The van der Waals surface area contributed by atoms with E-state index in [4.69, 9.17) is 10.3 Å². The number of nitrogens with two attached hydrogens (primary N) is 1. The number of alkyl halides is 3. The minimum atomic E-state index is -4.49. The van der Waals surface area contributed by atoms with E-state index in [0.717, 1.165) is 0 Å². The molecule has 3 aromatic heterocycles. The third kappa shape index (κ3) is 4.05. The van der Waals surface area contributed by atoms with Gasteiger partial charge in [0.05, 0.1) is 16.6 Å². The van der Waals surface area contributed by atoms with Crippen LogP contribution in [0.25, 0.3) is 10.9 Å². The van der Waals surface area contributed by atoms with Crippen LogP contribution in [0.3, 0.4) is 0 Å². The van der Waals surface area contributed by atoms with Crippen LogP contribution in [-0.2, 0) is 12.0 Å². The summed E-state index contributed by atoms with van der Waals surface area (Å²) < 4.78 is 62.4. The summed E-state index contributed by atoms with van der Waals surface area (Å²) in [5.74, 6) is -1.13. The lowest BCUT2D eigenvalue weighted by atomic mass is 9.68. The molecule has 4 heterocycles. The van der Waals surface area contributed by atoms with Gasteiger partial charge >= 0.3 is 6.18 Å². The van der Waals surface area contributed by atoms with Gasteiger partial charge < -0.3 is 15.2 Å². The third-order valence-corrected chi connectivity index (χ3v) is 7.26. The number of nitrogen functional groups attached to an aromatic ring is 1. The molecule has 0 radical (unpaired) electrons. The third-order valence-electron chi connectivity index (χ3n) is 7.26. The zero-order valence-corrected chi connectivity index (χ0v) is 20.6. The first-order valence-electron chi connectivity index (χ1n) is 11.7. The lowest BCUT2D eigenvalue weighted by Crippen LogP contribution is -2.48. The van der Waals surface area contributed by atoms with Gasteiger partial charge in [-0.3, -0.25) is 9.48 Å². The van der Waals surface area contributed by atoms with Crippen LogP contribution in [0.1, 0.15) is 52.9 Å². The Morgan fingerprint density at radius 3 is 2.63 bits per heavy atom. The summed E-state index contributed by atoms with van der Waals surface area (Å²) in [6.07, 6.45) is -2.80. The molecule has 1 aliphatic carbocycles. The average molecular weight is 552 g/mol. The van der Waals surface area contributed by atoms with Crippen molar-refractivity contribution in [3.05, 3.63) is 65.3 Å². The minimum Gasteiger partial charge on any atom is -0.384 e. The maximum absolute atomic E-state index is 14.9. The number of hydrogen-bond donors (Lipinski definition) is 1. The van der Waals surface area contributed by atoms with E-state index in [1.54, 1.807) is 17.0 Å². The quantitative estimate of drug-likeness (QED) is 0.369. The summed E-state index contributed by atoms with van der Waals surface area (Å²) in [6, 6.07) is 7.57. The number of carbonyl (C=O) groups excluding carboxylic acids is 1. The molecule has 0 bridgehead atoms. The van der Waals surface area contributed by atoms with Crippen LogP contribution in [-0.4, -0.2) is 55.0 Å². The molecule has 38 heavy (non-hydrogen) atoms. The van der Waals surface area contributed by atoms with Crippen molar-refractivity contribution in [1.82, 2.24) is 29.8 Å². The van der Waals surface area contributed by atoms with Crippen molar-refractivity contribution in [3.63, 3.8) is 0 Å². The molecule has 2 fully saturated rings. The highest BCUT2D eigenvalue weighted by molar-refractivity contribution is 5.95. The molecule has 0 atom stereocenters. The fraction of sp³-hybridized carbons (Fsp3) is 0.375. The number of anilines is 1. The van der Waals surface area contributed by atoms with Gasteiger partial charge in [-0.1, -0.05) is 17.6 Å². The van der Waals surface area contributed by atoms with Gasteiger partial charge in [-0.05, 0) is 37.1 Å². The molecule has 1 saturated carbocycles. The first kappa shape index (κ1) is 25.9. The second-order valence-electron chi connectivity index (χ2n) is 9.50. The SMILES string of the molecule is Cl.Nc1cc(C(=O)N2CC(c3nn(Cc4noc(C5(C(F)(F)F)CCC5)n4)c4cccc(F)c34)C2)ccn1. The van der Waals surface area contributed by atoms with Crippen molar-refractivity contribution in [2.24, 2.45) is 0 Å². The van der Waals surface area contributed by atoms with E-state index < -0.39 is 23.3 Å². The fourth-order valence-electron chi connectivity index (χ4n) is 5.00. The molecule has 0 unspecified atom stereocenters. The lowest BCUT2D eigenvalue weighted by molar-refractivity contribution is -0.220. The number of fused-ring (bicyclic) bond motifs is 1. The van der Waals surface area contributed by atoms with E-state index in [1.807, 2.05) is 0 Å². The van der Waals surface area contributed by atoms with E-state index in [1.165, 1.54) is 29.1 Å². The monoisotopic (exact) mass is 551 g/mol. The molecule has 1 aliphatic heterocycles. The molecule has 1 amide bonds. The van der Waals surface area contributed by atoms with E-state index in [2.05, 4.69) is 20.2 Å². The number of hydrogen-bond acceptors (Lipinski definition) is 7. The molecule has 1 aromatic carbocycles. The predicted octanol–water partition coefficient (Wildman–Crippen LogP) is 4.23. The van der Waals surface area contributed by atoms with Crippen LogP contribution >= 0.6 is 12.4 Å². The van der Waals surface area contributed by atoms with Gasteiger partial charge in [-0.15, -0.1) is 12.4 Å². The van der Waals surface area contributed by atoms with Gasteiger partial charge in [0, 0.05) is 30.8 Å². The molecule has 14 heteroatoms. The Balaban J connectivity index is 0.00000294. The maximum atomic E-state index is 14.9. The summed E-state index contributed by atoms with van der Waals surface area (Å²) in [6.45, 7) is 0.549. The molecular weight excluding hydrogens is 530 g/mol. The highest BCUT2D eigenvalue weighted by atomic mass is 35.5. The van der Waals surface area contributed by atoms with E-state index in [0.29, 0.717) is 41.7 Å². The number of aromatic nitrogens is 5. The Labute approximate surface area is 219 Å². The number of nitrogens with zero attached hydrogens (tertiary/aromatic N) is 6. The van der Waals surface area contributed by atoms with E-state index in [-0.39, 0.29) is 55.3 Å². The molecular formula is C24H22ClF4N7O2. The standard InChI is InChI=1S/C24H21F4N7O2.ClH/c25-15-3-1-4-16-19(15)20(14-10-34(11-14)21(36)13-5-8-30-17(29)9-13)32-35(16)12-18-31-22(37-33-18)23(6-2-7-23)24(26,27)28;/h1,3-5,8-9,14H,2,6-7,10-12H2,(H2,29,30);1H. The van der Waals surface area contributed by atoms with Gasteiger partial charge in [0.2, 0.25) is 5.89 Å². The Bertz CT molecular complexity index is 1510. The van der Waals surface area contributed by atoms with Crippen molar-refractivity contribution < 1.29 is 26.9 Å². The lowest BCUT2D eigenvalue weighted by Gasteiger charge is -2.39. The zero-order chi connectivity index (χ0) is 25.9. The summed E-state index contributed by atoms with van der Waals surface area (Å²) in [4.78, 5) is 22.3. The van der Waals surface area contributed by atoms with Gasteiger partial charge in [-0.2, -0.15) is 23.3 Å². The number of amides is 1. The molecule has 0 spiro atoms. The number of carbonyl (C=O) groups is 1. The second kappa shape index (κ2) is 9.22. The van der Waals surface area contributed by atoms with Crippen LogP contribution in [0.15, 0.2) is 41.1 Å². The van der Waals surface area contributed by atoms with Crippen molar-refractivity contribution in [3.8, 4) is 0 Å². The van der Waals surface area contributed by atoms with Crippen LogP contribution in [0.4, 0.5) is 23.4 Å². The highest BCUT2D eigenvalue weighted by Gasteiger charge is 2.63. The number of pyridine rings is 1. The number of halogens is 5. The molecule has 4 aromatic rings. The maximum Gasteiger partial charge on any atom is 0.403 e. The number of rotatable bonds is 5. The molecule has 9 nitrogen and oxygen atoms in total. The Morgan fingerprint density at radius 1 is 1.21 bits per heavy atom. The van der Waals surface area contributed by atoms with Gasteiger partial charge in [0.25, 0.3) is 5.91 Å². The van der Waals surface area contributed by atoms with Crippen LogP contribution in [0.5, 0.6) is 0 Å². The van der Waals surface area contributed by atoms with Crippen LogP contribution in [0, 0.1) is 5.82 Å². The van der Waals surface area contributed by atoms with Crippen LogP contribution < -0.4 is 5.73 Å². The normalized spacial score (nSPS) is 17.1. The predicted molar refractivity (Wildman–Crippen MR) is 129 cm³/mol. The number of likely N-dealkylation sites (tertiary alicyclic amines) is 1. The largest absolute Gasteiger partial charge is 0.403 e. The van der Waals surface area contributed by atoms with E-state index in [9.17, 15) is 22.4 Å². The molecule has 1 saturated heterocycles. The summed E-state index contributed by atoms with van der Waals surface area (Å²) in [5.41, 5.74) is 4.87. The summed E-state index contributed by atoms with van der Waals surface area (Å²) in [5, 5.41) is 8.62. The summed E-state index contributed by atoms with van der Waals surface area (Å²) in [7, 11) is 0. The first-order valence-corrected chi connectivity index (χ1v) is 11.7. The van der Waals surface area contributed by atoms with E-state index >= 15 is 0 Å². The van der Waals surface area contributed by atoms with Crippen molar-refractivity contribution in [1.29, 1.82) is 0 Å². The zero-order valence-electron chi connectivity index (χ0n) is 19.8. The molecule has 2 N–H and O–H groups in total. The van der Waals surface area contributed by atoms with Crippen LogP contribution in [0.2, 0.25) is 0 Å². The Hall–Kier alpha value is -3.74. The molecule has 6 rings (SSSR count). The minimum absolute atomic E-state index is 0. The second-order valence-corrected chi connectivity index (χ2v) is 9.50. The highest BCUT2D eigenvalue weighted by Crippen LogP contribution is 2.54. The fourth-order valence-corrected chi connectivity index (χ4v) is 5.00. The van der Waals surface area contributed by atoms with Gasteiger partial charge in [0.15, 0.2) is 5.82 Å². The Kier molecular flexibility index (Phi) is 6.28. The molecule has 200 valence electrons. The smallest absolute Gasteiger partial charge is 0.384 e. The van der Waals surface area contributed by atoms with Crippen molar-refractivity contribution in [2.75, 3.05) is 18.8 Å². The van der Waals surface area contributed by atoms with Crippen molar-refractivity contribution in [2.45, 2.75) is 43.3 Å². The molecule has 2 aliphatic rings. The van der Waals surface area contributed by atoms with Gasteiger partial charge in [0.1, 0.15) is 23.6 Å². The van der Waals surface area contributed by atoms with Crippen molar-refractivity contribution >= 4 is 35.0 Å².